The van der Waals surface area contributed by atoms with Crippen molar-refractivity contribution < 1.29 is 15.0 Å². The van der Waals surface area contributed by atoms with E-state index in [-0.39, 0.29) is 25.7 Å². The van der Waals surface area contributed by atoms with E-state index < -0.39 is 5.91 Å². The number of primary amides is 1. The number of carbonyl (C=O) groups is 1. The molecular formula is C34H41Cl2N5O3. The molecule has 8 nitrogen and oxygen atoms in total. The lowest BCUT2D eigenvalue weighted by Gasteiger charge is -2.24. The van der Waals surface area contributed by atoms with Crippen LogP contribution in [0.1, 0.15) is 55.7 Å². The van der Waals surface area contributed by atoms with E-state index in [0.29, 0.717) is 35.6 Å². The lowest BCUT2D eigenvalue weighted by atomic mass is 9.89. The Hall–Kier alpha value is -3.14. The number of hydrogen-bond donors (Lipinski definition) is 4. The van der Waals surface area contributed by atoms with Gasteiger partial charge in [0.1, 0.15) is 5.82 Å². The first-order valence-corrected chi connectivity index (χ1v) is 16.1. The third-order valence-electron chi connectivity index (χ3n) is 8.51. The van der Waals surface area contributed by atoms with Crippen LogP contribution in [0, 0.1) is 5.92 Å². The molecule has 10 heteroatoms. The molecule has 3 aromatic carbocycles. The number of aliphatic hydroxyl groups excluding tert-OH is 2. The second kappa shape index (κ2) is 15.2. The van der Waals surface area contributed by atoms with E-state index in [4.69, 9.17) is 33.9 Å². The Kier molecular flexibility index (Phi) is 11.2. The minimum atomic E-state index is -0.392. The van der Waals surface area contributed by atoms with Crippen molar-refractivity contribution in [2.45, 2.75) is 57.7 Å². The maximum atomic E-state index is 12.1. The fraction of sp³-hybridized carbons (Fsp3) is 0.412. The van der Waals surface area contributed by atoms with Crippen molar-refractivity contribution in [3.8, 4) is 11.4 Å². The molecule has 5 rings (SSSR count). The van der Waals surface area contributed by atoms with Crippen LogP contribution in [0.15, 0.2) is 60.7 Å². The molecule has 1 fully saturated rings. The molecule has 1 saturated carbocycles. The fourth-order valence-corrected chi connectivity index (χ4v) is 6.55. The number of amides is 1. The Bertz CT molecular complexity index is 1550. The number of fused-ring (bicyclic) bond motifs is 1. The molecule has 234 valence electrons. The number of aliphatic hydroxyl groups is 2. The average molecular weight is 639 g/mol. The van der Waals surface area contributed by atoms with Crippen molar-refractivity contribution in [3.63, 3.8) is 0 Å². The summed E-state index contributed by atoms with van der Waals surface area (Å²) in [6.45, 7) is 2.32. The summed E-state index contributed by atoms with van der Waals surface area (Å²) in [4.78, 5) is 19.2. The van der Waals surface area contributed by atoms with Gasteiger partial charge in [0.15, 0.2) is 0 Å². The van der Waals surface area contributed by atoms with Crippen LogP contribution in [0.5, 0.6) is 0 Å². The summed E-state index contributed by atoms with van der Waals surface area (Å²) in [6.07, 6.45) is 6.39. The Morgan fingerprint density at radius 1 is 0.977 bits per heavy atom. The molecule has 1 aliphatic rings. The van der Waals surface area contributed by atoms with Gasteiger partial charge in [0.2, 0.25) is 5.91 Å². The minimum absolute atomic E-state index is 0.0142. The SMILES string of the molecule is NC(=O)CC(NCc1ccc(Cl)c(Cl)c1)c1ccc2c(c1)nc(-c1ccc(N(CCO)CCO)cc1)n2CC1CCCCC1. The van der Waals surface area contributed by atoms with Crippen LogP contribution in [0.4, 0.5) is 5.69 Å². The maximum absolute atomic E-state index is 12.1. The summed E-state index contributed by atoms with van der Waals surface area (Å²) in [5, 5.41) is 23.4. The molecule has 0 saturated heterocycles. The molecule has 1 aliphatic carbocycles. The molecule has 0 bridgehead atoms. The van der Waals surface area contributed by atoms with Gasteiger partial charge >= 0.3 is 0 Å². The summed E-state index contributed by atoms with van der Waals surface area (Å²) >= 11 is 12.3. The first-order valence-electron chi connectivity index (χ1n) is 15.4. The highest BCUT2D eigenvalue weighted by Crippen LogP contribution is 2.33. The Morgan fingerprint density at radius 2 is 1.70 bits per heavy atom. The summed E-state index contributed by atoms with van der Waals surface area (Å²) in [7, 11) is 0. The quantitative estimate of drug-likeness (QED) is 0.133. The smallest absolute Gasteiger partial charge is 0.219 e. The van der Waals surface area contributed by atoms with Crippen LogP contribution in [0.25, 0.3) is 22.4 Å². The van der Waals surface area contributed by atoms with Gasteiger partial charge in [-0.1, -0.05) is 54.6 Å². The number of halogens is 2. The van der Waals surface area contributed by atoms with E-state index in [1.54, 1.807) is 6.07 Å². The second-order valence-electron chi connectivity index (χ2n) is 11.6. The predicted octanol–water partition coefficient (Wildman–Crippen LogP) is 6.09. The largest absolute Gasteiger partial charge is 0.395 e. The molecule has 4 aromatic rings. The average Bonchev–Trinajstić information content (AvgIpc) is 3.38. The summed E-state index contributed by atoms with van der Waals surface area (Å²) in [6, 6.07) is 19.6. The molecule has 1 atom stereocenters. The molecular weight excluding hydrogens is 597 g/mol. The standard InChI is InChI=1S/C34H41Cl2N5O3/c35-28-12-6-24(18-29(28)36)21-38-30(20-33(37)44)26-9-13-32-31(19-26)39-34(41(32)22-23-4-2-1-3-5-23)25-7-10-27(11-8-25)40(14-16-42)15-17-43/h6-13,18-19,23,30,38,42-43H,1-5,14-17,20-22H2,(H2,37,44). The molecule has 1 unspecified atom stereocenters. The van der Waals surface area contributed by atoms with Crippen LogP contribution >= 0.6 is 23.2 Å². The Morgan fingerprint density at radius 3 is 2.36 bits per heavy atom. The number of nitrogens with two attached hydrogens (primary N) is 1. The molecule has 0 radical (unpaired) electrons. The molecule has 1 aromatic heterocycles. The molecule has 44 heavy (non-hydrogen) atoms. The lowest BCUT2D eigenvalue weighted by molar-refractivity contribution is -0.118. The van der Waals surface area contributed by atoms with Crippen LogP contribution in [0.3, 0.4) is 0 Å². The van der Waals surface area contributed by atoms with E-state index >= 15 is 0 Å². The highest BCUT2D eigenvalue weighted by Gasteiger charge is 2.22. The Balaban J connectivity index is 1.48. The summed E-state index contributed by atoms with van der Waals surface area (Å²) in [5.74, 6) is 1.11. The van der Waals surface area contributed by atoms with Crippen molar-refractivity contribution in [3.05, 3.63) is 81.8 Å². The van der Waals surface area contributed by atoms with Crippen molar-refractivity contribution >= 4 is 45.8 Å². The summed E-state index contributed by atoms with van der Waals surface area (Å²) < 4.78 is 2.34. The number of benzene rings is 3. The normalized spacial score (nSPS) is 14.6. The zero-order valence-corrected chi connectivity index (χ0v) is 26.4. The van der Waals surface area contributed by atoms with Crippen molar-refractivity contribution in [2.24, 2.45) is 11.7 Å². The van der Waals surface area contributed by atoms with E-state index in [1.165, 1.54) is 32.1 Å². The number of hydrogen-bond acceptors (Lipinski definition) is 6. The van der Waals surface area contributed by atoms with Crippen LogP contribution in [-0.4, -0.2) is 52.0 Å². The topological polar surface area (TPSA) is 117 Å². The molecule has 5 N–H and O–H groups in total. The van der Waals surface area contributed by atoms with Gasteiger partial charge in [-0.25, -0.2) is 4.98 Å². The lowest BCUT2D eigenvalue weighted by Crippen LogP contribution is -2.29. The Labute approximate surface area is 268 Å². The van der Waals surface area contributed by atoms with Crippen LogP contribution < -0.4 is 16.0 Å². The second-order valence-corrected chi connectivity index (χ2v) is 12.4. The number of aromatic nitrogens is 2. The first-order chi connectivity index (χ1) is 21.4. The van der Waals surface area contributed by atoms with Gasteiger partial charge in [0, 0.05) is 49.9 Å². The first kappa shape index (κ1) is 32.3. The number of carbonyl (C=O) groups excluding carboxylic acids is 1. The van der Waals surface area contributed by atoms with Gasteiger partial charge in [-0.05, 0) is 78.4 Å². The highest BCUT2D eigenvalue weighted by molar-refractivity contribution is 6.42. The number of rotatable bonds is 14. The minimum Gasteiger partial charge on any atom is -0.395 e. The van der Waals surface area contributed by atoms with Gasteiger partial charge in [-0.15, -0.1) is 0 Å². The number of nitrogens with one attached hydrogen (secondary N) is 1. The van der Waals surface area contributed by atoms with Crippen molar-refractivity contribution in [1.82, 2.24) is 14.9 Å². The molecule has 0 spiro atoms. The zero-order chi connectivity index (χ0) is 31.1. The van der Waals surface area contributed by atoms with Crippen molar-refractivity contribution in [2.75, 3.05) is 31.2 Å². The van der Waals surface area contributed by atoms with Gasteiger partial charge in [-0.2, -0.15) is 0 Å². The van der Waals surface area contributed by atoms with E-state index in [2.05, 4.69) is 40.2 Å². The molecule has 1 heterocycles. The van der Waals surface area contributed by atoms with E-state index in [1.807, 2.05) is 29.2 Å². The van der Waals surface area contributed by atoms with Gasteiger partial charge < -0.3 is 30.7 Å². The predicted molar refractivity (Wildman–Crippen MR) is 178 cm³/mol. The zero-order valence-electron chi connectivity index (χ0n) is 24.9. The van der Waals surface area contributed by atoms with Gasteiger partial charge in [0.25, 0.3) is 0 Å². The van der Waals surface area contributed by atoms with Crippen molar-refractivity contribution in [1.29, 1.82) is 0 Å². The molecule has 1 amide bonds. The number of nitrogens with zero attached hydrogens (tertiary/aromatic N) is 3. The highest BCUT2D eigenvalue weighted by atomic mass is 35.5. The van der Waals surface area contributed by atoms with Crippen LogP contribution in [0.2, 0.25) is 10.0 Å². The monoisotopic (exact) mass is 637 g/mol. The van der Waals surface area contributed by atoms with Gasteiger partial charge in [-0.3, -0.25) is 4.79 Å². The summed E-state index contributed by atoms with van der Waals surface area (Å²) in [5.41, 5.74) is 11.4. The third-order valence-corrected chi connectivity index (χ3v) is 9.25. The third kappa shape index (κ3) is 7.92. The van der Waals surface area contributed by atoms with Gasteiger partial charge in [0.05, 0.1) is 34.3 Å². The van der Waals surface area contributed by atoms with Crippen LogP contribution in [-0.2, 0) is 17.9 Å². The maximum Gasteiger partial charge on any atom is 0.219 e. The number of imidazole rings is 1. The van der Waals surface area contributed by atoms with E-state index in [0.717, 1.165) is 45.8 Å². The fourth-order valence-electron chi connectivity index (χ4n) is 6.23. The number of anilines is 1. The van der Waals surface area contributed by atoms with E-state index in [9.17, 15) is 15.0 Å². The molecule has 0 aliphatic heterocycles.